The minimum Gasteiger partial charge on any atom is -0.506 e. The molecule has 0 spiro atoms. The minimum absolute atomic E-state index is 0.117. The molecule has 0 bridgehead atoms. The highest BCUT2D eigenvalue weighted by Gasteiger charge is 2.35. The number of nitrogens with zero attached hydrogens (tertiary/aromatic N) is 1. The standard InChI is InChI=1S/C18H13I2NO3S/c1-10-3-2-4-11(5-10)9-21-17(23)15(25-18(21)24)7-12-6-13(19)8-14(20)16(12)22/h2-8,22H,9H2,1H3/b15-7-. The van der Waals surface area contributed by atoms with Crippen LogP contribution in [0.25, 0.3) is 6.08 Å². The lowest BCUT2D eigenvalue weighted by atomic mass is 10.1. The van der Waals surface area contributed by atoms with Crippen LogP contribution >= 0.6 is 56.9 Å². The third-order valence-corrected chi connectivity index (χ3v) is 5.99. The summed E-state index contributed by atoms with van der Waals surface area (Å²) >= 11 is 5.10. The summed E-state index contributed by atoms with van der Waals surface area (Å²) < 4.78 is 1.65. The van der Waals surface area contributed by atoms with Crippen molar-refractivity contribution < 1.29 is 14.7 Å². The van der Waals surface area contributed by atoms with E-state index < -0.39 is 0 Å². The third-order valence-electron chi connectivity index (χ3n) is 3.64. The number of phenolic OH excluding ortho intramolecular Hbond substituents is 1. The first kappa shape index (κ1) is 18.7. The largest absolute Gasteiger partial charge is 0.506 e. The molecule has 0 unspecified atom stereocenters. The average Bonchev–Trinajstić information content (AvgIpc) is 2.80. The zero-order valence-electron chi connectivity index (χ0n) is 13.1. The lowest BCUT2D eigenvalue weighted by Gasteiger charge is -2.12. The van der Waals surface area contributed by atoms with Crippen LogP contribution in [0.5, 0.6) is 5.75 Å². The summed E-state index contributed by atoms with van der Waals surface area (Å²) in [5.41, 5.74) is 2.53. The van der Waals surface area contributed by atoms with Gasteiger partial charge in [0.25, 0.3) is 11.1 Å². The summed E-state index contributed by atoms with van der Waals surface area (Å²) in [5, 5.41) is 9.90. The van der Waals surface area contributed by atoms with Crippen LogP contribution in [0.1, 0.15) is 16.7 Å². The molecule has 0 saturated carbocycles. The van der Waals surface area contributed by atoms with Gasteiger partial charge in [-0.3, -0.25) is 14.5 Å². The van der Waals surface area contributed by atoms with Crippen LogP contribution in [0, 0.1) is 14.1 Å². The van der Waals surface area contributed by atoms with E-state index in [1.54, 1.807) is 12.1 Å². The number of halogens is 2. The van der Waals surface area contributed by atoms with Crippen LogP contribution in [0.3, 0.4) is 0 Å². The molecule has 0 radical (unpaired) electrons. The first-order valence-corrected chi connectivity index (χ1v) is 10.3. The molecule has 1 aliphatic heterocycles. The number of benzene rings is 2. The average molecular weight is 577 g/mol. The third kappa shape index (κ3) is 4.20. The van der Waals surface area contributed by atoms with E-state index in [4.69, 9.17) is 0 Å². The lowest BCUT2D eigenvalue weighted by molar-refractivity contribution is -0.123. The summed E-state index contributed by atoms with van der Waals surface area (Å²) in [6.45, 7) is 2.22. The van der Waals surface area contributed by atoms with Crippen LogP contribution in [-0.4, -0.2) is 21.2 Å². The van der Waals surface area contributed by atoms with Crippen molar-refractivity contribution in [1.82, 2.24) is 4.90 Å². The molecule has 7 heteroatoms. The van der Waals surface area contributed by atoms with Crippen LogP contribution < -0.4 is 0 Å². The van der Waals surface area contributed by atoms with Gasteiger partial charge in [0.1, 0.15) is 5.75 Å². The summed E-state index contributed by atoms with van der Waals surface area (Å²) in [6.07, 6.45) is 1.58. The molecule has 2 amide bonds. The van der Waals surface area contributed by atoms with E-state index in [1.807, 2.05) is 59.8 Å². The Kier molecular flexibility index (Phi) is 5.74. The zero-order chi connectivity index (χ0) is 18.1. The fourth-order valence-corrected chi connectivity index (χ4v) is 5.19. The van der Waals surface area contributed by atoms with E-state index in [0.717, 1.165) is 26.5 Å². The molecule has 1 N–H and O–H groups in total. The summed E-state index contributed by atoms with van der Waals surface area (Å²) in [4.78, 5) is 26.4. The second-order valence-electron chi connectivity index (χ2n) is 5.58. The van der Waals surface area contributed by atoms with Gasteiger partial charge in [-0.15, -0.1) is 0 Å². The predicted octanol–water partition coefficient (Wildman–Crippen LogP) is 5.15. The van der Waals surface area contributed by atoms with Crippen LogP contribution in [-0.2, 0) is 11.3 Å². The molecule has 2 aromatic rings. The number of hydrogen-bond donors (Lipinski definition) is 1. The smallest absolute Gasteiger partial charge is 0.293 e. The van der Waals surface area contributed by atoms with Gasteiger partial charge in [-0.25, -0.2) is 0 Å². The predicted molar refractivity (Wildman–Crippen MR) is 116 cm³/mol. The van der Waals surface area contributed by atoms with Gasteiger partial charge in [0.15, 0.2) is 0 Å². The van der Waals surface area contributed by atoms with Gasteiger partial charge in [-0.05, 0) is 87.6 Å². The quantitative estimate of drug-likeness (QED) is 0.406. The SMILES string of the molecule is Cc1cccc(CN2C(=O)S/C(=C\c3cc(I)cc(I)c3O)C2=O)c1. The Bertz CT molecular complexity index is 911. The highest BCUT2D eigenvalue weighted by molar-refractivity contribution is 14.1. The van der Waals surface area contributed by atoms with Gasteiger partial charge in [-0.2, -0.15) is 0 Å². The number of rotatable bonds is 3. The number of hydrogen-bond acceptors (Lipinski definition) is 4. The van der Waals surface area contributed by atoms with Crippen molar-refractivity contribution in [2.24, 2.45) is 0 Å². The molecule has 25 heavy (non-hydrogen) atoms. The fraction of sp³-hybridized carbons (Fsp3) is 0.111. The second-order valence-corrected chi connectivity index (χ2v) is 8.98. The second kappa shape index (κ2) is 7.67. The van der Waals surface area contributed by atoms with Gasteiger partial charge in [0, 0.05) is 9.13 Å². The molecule has 1 fully saturated rings. The molecule has 0 aromatic heterocycles. The number of imide groups is 1. The fourth-order valence-electron chi connectivity index (χ4n) is 2.47. The maximum absolute atomic E-state index is 12.6. The van der Waals surface area contributed by atoms with E-state index >= 15 is 0 Å². The molecule has 1 aliphatic rings. The van der Waals surface area contributed by atoms with Crippen molar-refractivity contribution >= 4 is 74.2 Å². The van der Waals surface area contributed by atoms with Crippen LogP contribution in [0.4, 0.5) is 4.79 Å². The Balaban J connectivity index is 1.89. The molecule has 1 heterocycles. The molecule has 0 aliphatic carbocycles. The van der Waals surface area contributed by atoms with Crippen molar-refractivity contribution in [2.75, 3.05) is 0 Å². The van der Waals surface area contributed by atoms with Gasteiger partial charge < -0.3 is 5.11 Å². The first-order valence-electron chi connectivity index (χ1n) is 7.34. The van der Waals surface area contributed by atoms with E-state index in [1.165, 1.54) is 4.90 Å². The molecule has 0 atom stereocenters. The van der Waals surface area contributed by atoms with E-state index in [0.29, 0.717) is 14.0 Å². The molecular weight excluding hydrogens is 564 g/mol. The van der Waals surface area contributed by atoms with E-state index in [9.17, 15) is 14.7 Å². The number of phenols is 1. The number of aryl methyl sites for hydroxylation is 1. The first-order chi connectivity index (χ1) is 11.8. The highest BCUT2D eigenvalue weighted by Crippen LogP contribution is 2.36. The zero-order valence-corrected chi connectivity index (χ0v) is 18.3. The molecule has 3 rings (SSSR count). The van der Waals surface area contributed by atoms with Crippen molar-refractivity contribution in [3.8, 4) is 5.75 Å². The summed E-state index contributed by atoms with van der Waals surface area (Å²) in [7, 11) is 0. The van der Waals surface area contributed by atoms with E-state index in [-0.39, 0.29) is 23.4 Å². The normalized spacial score (nSPS) is 16.1. The minimum atomic E-state index is -0.329. The van der Waals surface area contributed by atoms with Gasteiger partial charge in [-0.1, -0.05) is 29.8 Å². The Morgan fingerprint density at radius 3 is 2.68 bits per heavy atom. The van der Waals surface area contributed by atoms with Crippen LogP contribution in [0.2, 0.25) is 0 Å². The lowest BCUT2D eigenvalue weighted by Crippen LogP contribution is -2.27. The molecule has 4 nitrogen and oxygen atoms in total. The maximum Gasteiger partial charge on any atom is 0.293 e. The molecular formula is C18H13I2NO3S. The number of carbonyl (C=O) groups excluding carboxylic acids is 2. The van der Waals surface area contributed by atoms with E-state index in [2.05, 4.69) is 22.6 Å². The summed E-state index contributed by atoms with van der Waals surface area (Å²) in [6, 6.07) is 11.4. The Morgan fingerprint density at radius 2 is 1.96 bits per heavy atom. The van der Waals surface area contributed by atoms with Gasteiger partial charge >= 0.3 is 0 Å². The monoisotopic (exact) mass is 577 g/mol. The van der Waals surface area contributed by atoms with Crippen molar-refractivity contribution in [1.29, 1.82) is 0 Å². The van der Waals surface area contributed by atoms with Crippen molar-refractivity contribution in [2.45, 2.75) is 13.5 Å². The molecule has 128 valence electrons. The Labute approximate surface area is 177 Å². The Hall–Kier alpha value is -1.07. The Morgan fingerprint density at radius 1 is 1.20 bits per heavy atom. The van der Waals surface area contributed by atoms with Gasteiger partial charge in [0.05, 0.1) is 15.0 Å². The number of aromatic hydroxyl groups is 1. The topological polar surface area (TPSA) is 57.6 Å². The number of carbonyl (C=O) groups is 2. The molecule has 2 aromatic carbocycles. The molecule has 1 saturated heterocycles. The number of thioether (sulfide) groups is 1. The van der Waals surface area contributed by atoms with Gasteiger partial charge in [0.2, 0.25) is 0 Å². The summed E-state index contributed by atoms with van der Waals surface area (Å²) in [5.74, 6) is -0.212. The highest BCUT2D eigenvalue weighted by atomic mass is 127. The van der Waals surface area contributed by atoms with Crippen molar-refractivity contribution in [3.63, 3.8) is 0 Å². The number of amides is 2. The van der Waals surface area contributed by atoms with Crippen LogP contribution in [0.15, 0.2) is 41.3 Å². The maximum atomic E-state index is 12.6. The van der Waals surface area contributed by atoms with Crippen molar-refractivity contribution in [3.05, 3.63) is 65.1 Å².